The summed E-state index contributed by atoms with van der Waals surface area (Å²) >= 11 is 0. The number of hydrogen-bond donors (Lipinski definition) is 0. The lowest BCUT2D eigenvalue weighted by atomic mass is 10.0. The van der Waals surface area contributed by atoms with Crippen molar-refractivity contribution in [2.24, 2.45) is 0 Å². The molecule has 468 valence electrons. The van der Waals surface area contributed by atoms with Crippen LogP contribution in [-0.4, -0.2) is 37.2 Å². The second-order valence-electron chi connectivity index (χ2n) is 23.4. The van der Waals surface area contributed by atoms with Gasteiger partial charge in [-0.3, -0.25) is 14.4 Å². The Morgan fingerprint density at radius 2 is 0.481 bits per heavy atom. The first kappa shape index (κ1) is 77.6. The molecule has 0 aliphatic carbocycles. The average Bonchev–Trinajstić information content (AvgIpc) is 3.46. The molecule has 6 heteroatoms. The summed E-state index contributed by atoms with van der Waals surface area (Å²) in [6, 6.07) is 0. The number of rotatable bonds is 64. The van der Waals surface area contributed by atoms with Gasteiger partial charge in [-0.1, -0.05) is 324 Å². The molecule has 0 fully saturated rings. The lowest BCUT2D eigenvalue weighted by Crippen LogP contribution is -2.30. The first-order valence-electron chi connectivity index (χ1n) is 35.1. The van der Waals surface area contributed by atoms with Gasteiger partial charge in [0.15, 0.2) is 6.10 Å². The van der Waals surface area contributed by atoms with Gasteiger partial charge in [-0.25, -0.2) is 0 Å². The van der Waals surface area contributed by atoms with Crippen LogP contribution in [0.25, 0.3) is 0 Å². The minimum atomic E-state index is -0.780. The normalized spacial score (nSPS) is 12.6. The second kappa shape index (κ2) is 69.1. The van der Waals surface area contributed by atoms with E-state index in [-0.39, 0.29) is 31.1 Å². The van der Waals surface area contributed by atoms with E-state index in [2.05, 4.69) is 106 Å². The molecule has 0 spiro atoms. The Morgan fingerprint density at radius 3 is 0.765 bits per heavy atom. The van der Waals surface area contributed by atoms with E-state index in [1.807, 2.05) is 0 Å². The van der Waals surface area contributed by atoms with E-state index >= 15 is 0 Å². The van der Waals surface area contributed by atoms with Crippen molar-refractivity contribution in [1.82, 2.24) is 0 Å². The van der Waals surface area contributed by atoms with Crippen LogP contribution in [0.2, 0.25) is 0 Å². The molecular formula is C75H132O6. The summed E-state index contributed by atoms with van der Waals surface area (Å²) in [5, 5.41) is 0. The van der Waals surface area contributed by atoms with Gasteiger partial charge < -0.3 is 14.2 Å². The maximum atomic E-state index is 13.0. The molecule has 0 radical (unpaired) electrons. The molecule has 0 rings (SSSR count). The largest absolute Gasteiger partial charge is 0.462 e. The van der Waals surface area contributed by atoms with E-state index in [0.29, 0.717) is 19.3 Å². The summed E-state index contributed by atoms with van der Waals surface area (Å²) in [4.78, 5) is 38.4. The predicted molar refractivity (Wildman–Crippen MR) is 353 cm³/mol. The second-order valence-corrected chi connectivity index (χ2v) is 23.4. The Kier molecular flexibility index (Phi) is 66.2. The molecule has 81 heavy (non-hydrogen) atoms. The summed E-state index contributed by atoms with van der Waals surface area (Å²) in [5.74, 6) is -0.866. The van der Waals surface area contributed by atoms with Crippen LogP contribution in [0.1, 0.15) is 355 Å². The molecule has 0 aliphatic heterocycles. The smallest absolute Gasteiger partial charge is 0.306 e. The molecule has 0 bridgehead atoms. The quantitative estimate of drug-likeness (QED) is 0.0261. The van der Waals surface area contributed by atoms with Crippen LogP contribution < -0.4 is 0 Å². The third-order valence-corrected chi connectivity index (χ3v) is 15.4. The highest BCUT2D eigenvalue weighted by Crippen LogP contribution is 2.17. The number of allylic oxidation sites excluding steroid dienone is 14. The molecule has 0 saturated carbocycles. The van der Waals surface area contributed by atoms with Gasteiger partial charge in [0.1, 0.15) is 13.2 Å². The summed E-state index contributed by atoms with van der Waals surface area (Å²) in [7, 11) is 0. The molecular weight excluding hydrogens is 997 g/mol. The molecule has 6 nitrogen and oxygen atoms in total. The first-order valence-corrected chi connectivity index (χ1v) is 35.1. The number of esters is 3. The zero-order valence-electron chi connectivity index (χ0n) is 53.8. The molecule has 1 atom stereocenters. The lowest BCUT2D eigenvalue weighted by molar-refractivity contribution is -0.167. The zero-order valence-corrected chi connectivity index (χ0v) is 53.8. The van der Waals surface area contributed by atoms with Gasteiger partial charge in [0.05, 0.1) is 0 Å². The van der Waals surface area contributed by atoms with Crippen LogP contribution in [0, 0.1) is 0 Å². The standard InChI is InChI=1S/C75H132O6/c1-4-7-10-13-16-19-22-25-27-29-31-33-35-36-37-38-40-41-43-45-47-50-53-56-59-62-65-68-74(77)80-71-72(70-79-73(76)67-64-61-58-55-52-49-24-21-18-15-12-9-6-3)81-75(78)69-66-63-60-57-54-51-48-46-44-42-39-34-32-30-28-26-23-20-17-14-11-8-5-2/h7,10,16,19,25,27,30-33,36-37,40-41,72H,4-6,8-9,11-15,17-18,20-24,26,28-29,34-35,38-39,42-71H2,1-3H3/b10-7-,19-16-,27-25-,32-30-,33-31-,37-36-,41-40-. The highest BCUT2D eigenvalue weighted by Gasteiger charge is 2.19. The third kappa shape index (κ3) is 67.3. The van der Waals surface area contributed by atoms with E-state index in [1.165, 1.54) is 212 Å². The maximum absolute atomic E-state index is 13.0. The molecule has 0 heterocycles. The van der Waals surface area contributed by atoms with Crippen molar-refractivity contribution < 1.29 is 28.6 Å². The van der Waals surface area contributed by atoms with Crippen molar-refractivity contribution in [2.45, 2.75) is 361 Å². The molecule has 0 amide bonds. The van der Waals surface area contributed by atoms with Gasteiger partial charge >= 0.3 is 17.9 Å². The van der Waals surface area contributed by atoms with Gasteiger partial charge in [-0.05, 0) is 96.3 Å². The van der Waals surface area contributed by atoms with Crippen LogP contribution in [0.3, 0.4) is 0 Å². The Hall–Kier alpha value is -3.41. The summed E-state index contributed by atoms with van der Waals surface area (Å²) < 4.78 is 17.0. The van der Waals surface area contributed by atoms with Crippen molar-refractivity contribution in [1.29, 1.82) is 0 Å². The molecule has 0 aromatic carbocycles. The fourth-order valence-corrected chi connectivity index (χ4v) is 10.2. The van der Waals surface area contributed by atoms with Crippen molar-refractivity contribution in [3.05, 3.63) is 85.1 Å². The van der Waals surface area contributed by atoms with Gasteiger partial charge in [-0.15, -0.1) is 0 Å². The monoisotopic (exact) mass is 1130 g/mol. The first-order chi connectivity index (χ1) is 40.0. The highest BCUT2D eigenvalue weighted by atomic mass is 16.6. The van der Waals surface area contributed by atoms with Crippen LogP contribution in [0.5, 0.6) is 0 Å². The van der Waals surface area contributed by atoms with Crippen LogP contribution in [0.15, 0.2) is 85.1 Å². The van der Waals surface area contributed by atoms with Gasteiger partial charge in [0.2, 0.25) is 0 Å². The van der Waals surface area contributed by atoms with Crippen LogP contribution in [0.4, 0.5) is 0 Å². The highest BCUT2D eigenvalue weighted by molar-refractivity contribution is 5.71. The van der Waals surface area contributed by atoms with Crippen LogP contribution in [-0.2, 0) is 28.6 Å². The molecule has 0 N–H and O–H groups in total. The minimum absolute atomic E-state index is 0.0753. The Labute approximate surface area is 503 Å². The SMILES string of the molecule is CC/C=C\C/C=C\C/C=C\C/C=C\C/C=C\C/C=C\CCCCCCCCCCC(=O)OCC(COC(=O)CCCCCCCCCCCCCCC)OC(=O)CCCCCCCCCCCCC/C=C\CCCCCCCCCC. The Morgan fingerprint density at radius 1 is 0.259 bits per heavy atom. The number of carbonyl (C=O) groups excluding carboxylic acids is 3. The van der Waals surface area contributed by atoms with E-state index in [0.717, 1.165) is 103 Å². The van der Waals surface area contributed by atoms with Crippen molar-refractivity contribution in [3.8, 4) is 0 Å². The molecule has 0 aromatic heterocycles. The predicted octanol–water partition coefficient (Wildman–Crippen LogP) is 24.2. The van der Waals surface area contributed by atoms with Gasteiger partial charge in [0.25, 0.3) is 0 Å². The van der Waals surface area contributed by atoms with Crippen molar-refractivity contribution in [3.63, 3.8) is 0 Å². The third-order valence-electron chi connectivity index (χ3n) is 15.4. The molecule has 0 aliphatic rings. The van der Waals surface area contributed by atoms with E-state index in [4.69, 9.17) is 14.2 Å². The molecule has 1 unspecified atom stereocenters. The van der Waals surface area contributed by atoms with Gasteiger partial charge in [-0.2, -0.15) is 0 Å². The summed E-state index contributed by atoms with van der Waals surface area (Å²) in [6.07, 6.45) is 91.7. The van der Waals surface area contributed by atoms with E-state index < -0.39 is 6.10 Å². The summed E-state index contributed by atoms with van der Waals surface area (Å²) in [6.45, 7) is 6.57. The number of unbranched alkanes of at least 4 members (excludes halogenated alkanes) is 39. The Balaban J connectivity index is 4.30. The average molecular weight is 1130 g/mol. The number of carbonyl (C=O) groups is 3. The fraction of sp³-hybridized carbons (Fsp3) is 0.773. The maximum Gasteiger partial charge on any atom is 0.306 e. The zero-order chi connectivity index (χ0) is 58.5. The molecule has 0 aromatic rings. The number of hydrogen-bond acceptors (Lipinski definition) is 6. The van der Waals surface area contributed by atoms with Crippen molar-refractivity contribution >= 4 is 17.9 Å². The number of ether oxygens (including phenoxy) is 3. The van der Waals surface area contributed by atoms with E-state index in [9.17, 15) is 14.4 Å². The molecule has 0 saturated heterocycles. The van der Waals surface area contributed by atoms with Crippen LogP contribution >= 0.6 is 0 Å². The topological polar surface area (TPSA) is 78.9 Å². The van der Waals surface area contributed by atoms with E-state index in [1.54, 1.807) is 0 Å². The fourth-order valence-electron chi connectivity index (χ4n) is 10.2. The lowest BCUT2D eigenvalue weighted by Gasteiger charge is -2.18. The minimum Gasteiger partial charge on any atom is -0.462 e. The summed E-state index contributed by atoms with van der Waals surface area (Å²) in [5.41, 5.74) is 0. The Bertz CT molecular complexity index is 1530. The van der Waals surface area contributed by atoms with Crippen molar-refractivity contribution in [2.75, 3.05) is 13.2 Å². The van der Waals surface area contributed by atoms with Gasteiger partial charge in [0, 0.05) is 19.3 Å².